The van der Waals surface area contributed by atoms with E-state index in [1.54, 1.807) is 0 Å². The summed E-state index contributed by atoms with van der Waals surface area (Å²) >= 11 is 0. The Balaban J connectivity index is 1.83. The number of H-pyrrole nitrogens is 1. The van der Waals surface area contributed by atoms with E-state index in [0.29, 0.717) is 13.1 Å². The first-order valence-electron chi connectivity index (χ1n) is 9.30. The number of carbonyl (C=O) groups is 1. The van der Waals surface area contributed by atoms with E-state index < -0.39 is 5.54 Å². The molecule has 0 radical (unpaired) electrons. The summed E-state index contributed by atoms with van der Waals surface area (Å²) in [4.78, 5) is 22.9. The lowest BCUT2D eigenvalue weighted by Crippen LogP contribution is -2.55. The van der Waals surface area contributed by atoms with Gasteiger partial charge in [0.15, 0.2) is 0 Å². The van der Waals surface area contributed by atoms with Crippen LogP contribution in [-0.4, -0.2) is 40.4 Å². The third kappa shape index (κ3) is 3.26. The van der Waals surface area contributed by atoms with E-state index in [1.807, 2.05) is 41.3 Å². The van der Waals surface area contributed by atoms with Gasteiger partial charge in [0.1, 0.15) is 5.82 Å². The fourth-order valence-corrected chi connectivity index (χ4v) is 3.61. The van der Waals surface area contributed by atoms with Gasteiger partial charge in [-0.2, -0.15) is 0 Å². The van der Waals surface area contributed by atoms with Gasteiger partial charge in [0.2, 0.25) is 5.91 Å². The summed E-state index contributed by atoms with van der Waals surface area (Å²) in [6.45, 7) is 5.96. The molecule has 0 unspecified atom stereocenters. The summed E-state index contributed by atoms with van der Waals surface area (Å²) < 4.78 is 0. The van der Waals surface area contributed by atoms with Crippen molar-refractivity contribution in [1.29, 1.82) is 0 Å². The first-order valence-corrected chi connectivity index (χ1v) is 9.30. The van der Waals surface area contributed by atoms with Crippen molar-refractivity contribution in [3.05, 3.63) is 66.5 Å². The SMILES string of the molecule is CC(C)(c1nc(-c2ccccc2)c(-c2ccccc2)[nH]1)N1CCNCC1=O. The summed E-state index contributed by atoms with van der Waals surface area (Å²) in [5.74, 6) is 0.903. The van der Waals surface area contributed by atoms with Gasteiger partial charge in [-0.3, -0.25) is 4.79 Å². The molecule has 1 aromatic heterocycles. The van der Waals surface area contributed by atoms with E-state index in [9.17, 15) is 4.79 Å². The predicted molar refractivity (Wildman–Crippen MR) is 107 cm³/mol. The first-order chi connectivity index (χ1) is 13.1. The average Bonchev–Trinajstić information content (AvgIpc) is 3.16. The van der Waals surface area contributed by atoms with Crippen LogP contribution in [0.1, 0.15) is 19.7 Å². The highest BCUT2D eigenvalue weighted by molar-refractivity contribution is 5.81. The molecule has 1 saturated heterocycles. The largest absolute Gasteiger partial charge is 0.339 e. The maximum atomic E-state index is 12.5. The molecule has 3 aromatic rings. The molecule has 0 atom stereocenters. The van der Waals surface area contributed by atoms with Gasteiger partial charge in [-0.1, -0.05) is 60.7 Å². The molecule has 1 aliphatic rings. The fourth-order valence-electron chi connectivity index (χ4n) is 3.61. The molecule has 0 bridgehead atoms. The zero-order chi connectivity index (χ0) is 18.9. The van der Waals surface area contributed by atoms with Crippen molar-refractivity contribution in [2.24, 2.45) is 0 Å². The van der Waals surface area contributed by atoms with Crippen molar-refractivity contribution in [2.75, 3.05) is 19.6 Å². The molecule has 0 aliphatic carbocycles. The molecule has 5 nitrogen and oxygen atoms in total. The van der Waals surface area contributed by atoms with Crippen LogP contribution in [0.3, 0.4) is 0 Å². The number of rotatable bonds is 4. The number of piperazine rings is 1. The Labute approximate surface area is 159 Å². The zero-order valence-corrected chi connectivity index (χ0v) is 15.7. The highest BCUT2D eigenvalue weighted by atomic mass is 16.2. The maximum absolute atomic E-state index is 12.5. The van der Waals surface area contributed by atoms with Gasteiger partial charge in [-0.05, 0) is 13.8 Å². The summed E-state index contributed by atoms with van der Waals surface area (Å²) in [5.41, 5.74) is 3.51. The Morgan fingerprint density at radius 2 is 1.59 bits per heavy atom. The molecule has 1 amide bonds. The second-order valence-corrected chi connectivity index (χ2v) is 7.32. The zero-order valence-electron chi connectivity index (χ0n) is 15.7. The topological polar surface area (TPSA) is 61.0 Å². The van der Waals surface area contributed by atoms with Crippen LogP contribution in [0.5, 0.6) is 0 Å². The highest BCUT2D eigenvalue weighted by Crippen LogP contribution is 2.35. The minimum Gasteiger partial charge on any atom is -0.339 e. The quantitative estimate of drug-likeness (QED) is 0.749. The predicted octanol–water partition coefficient (Wildman–Crippen LogP) is 3.41. The number of benzene rings is 2. The number of hydrogen-bond donors (Lipinski definition) is 2. The molecule has 2 N–H and O–H groups in total. The van der Waals surface area contributed by atoms with E-state index in [1.165, 1.54) is 0 Å². The van der Waals surface area contributed by atoms with Crippen LogP contribution in [0, 0.1) is 0 Å². The van der Waals surface area contributed by atoms with Crippen LogP contribution >= 0.6 is 0 Å². The average molecular weight is 360 g/mol. The Morgan fingerprint density at radius 3 is 2.22 bits per heavy atom. The Bertz CT molecular complexity index is 874. The summed E-state index contributed by atoms with van der Waals surface area (Å²) in [6.07, 6.45) is 0. The molecule has 1 fully saturated rings. The third-order valence-electron chi connectivity index (χ3n) is 5.16. The smallest absolute Gasteiger partial charge is 0.237 e. The number of amides is 1. The van der Waals surface area contributed by atoms with Gasteiger partial charge in [0.25, 0.3) is 0 Å². The van der Waals surface area contributed by atoms with Gasteiger partial charge in [0, 0.05) is 24.2 Å². The van der Waals surface area contributed by atoms with E-state index in [2.05, 4.69) is 48.4 Å². The minimum absolute atomic E-state index is 0.102. The van der Waals surface area contributed by atoms with Crippen molar-refractivity contribution in [1.82, 2.24) is 20.2 Å². The fraction of sp³-hybridized carbons (Fsp3) is 0.273. The standard InChI is InChI=1S/C22H24N4O/c1-22(2,26-14-13-23-15-18(26)27)21-24-19(16-9-5-3-6-10-16)20(25-21)17-11-7-4-8-12-17/h3-12,23H,13-15H2,1-2H3,(H,24,25). The lowest BCUT2D eigenvalue weighted by molar-refractivity contribution is -0.138. The number of aromatic nitrogens is 2. The number of aromatic amines is 1. The first kappa shape index (κ1) is 17.5. The Hall–Kier alpha value is -2.92. The van der Waals surface area contributed by atoms with Crippen LogP contribution in [-0.2, 0) is 10.3 Å². The molecule has 1 aliphatic heterocycles. The van der Waals surface area contributed by atoms with E-state index in [-0.39, 0.29) is 5.91 Å². The normalized spacial score (nSPS) is 15.2. The summed E-state index contributed by atoms with van der Waals surface area (Å²) in [7, 11) is 0. The Morgan fingerprint density at radius 1 is 0.963 bits per heavy atom. The number of nitrogens with zero attached hydrogens (tertiary/aromatic N) is 2. The highest BCUT2D eigenvalue weighted by Gasteiger charge is 2.37. The van der Waals surface area contributed by atoms with Crippen molar-refractivity contribution in [2.45, 2.75) is 19.4 Å². The molecule has 4 rings (SSSR count). The van der Waals surface area contributed by atoms with E-state index >= 15 is 0 Å². The van der Waals surface area contributed by atoms with Crippen LogP contribution in [0.4, 0.5) is 0 Å². The lowest BCUT2D eigenvalue weighted by atomic mass is 10.0. The van der Waals surface area contributed by atoms with Gasteiger partial charge in [0.05, 0.1) is 23.5 Å². The number of carbonyl (C=O) groups excluding carboxylic acids is 1. The van der Waals surface area contributed by atoms with Crippen molar-refractivity contribution >= 4 is 5.91 Å². The van der Waals surface area contributed by atoms with Crippen LogP contribution < -0.4 is 5.32 Å². The molecular formula is C22H24N4O. The summed E-state index contributed by atoms with van der Waals surface area (Å²) in [5, 5.41) is 3.13. The number of nitrogens with one attached hydrogen (secondary N) is 2. The van der Waals surface area contributed by atoms with Gasteiger partial charge < -0.3 is 15.2 Å². The third-order valence-corrected chi connectivity index (χ3v) is 5.16. The summed E-state index contributed by atoms with van der Waals surface area (Å²) in [6, 6.07) is 20.4. The van der Waals surface area contributed by atoms with Crippen molar-refractivity contribution in [3.63, 3.8) is 0 Å². The lowest BCUT2D eigenvalue weighted by Gasteiger charge is -2.39. The Kier molecular flexibility index (Phi) is 4.54. The van der Waals surface area contributed by atoms with Crippen LogP contribution in [0.2, 0.25) is 0 Å². The molecular weight excluding hydrogens is 336 g/mol. The molecule has 27 heavy (non-hydrogen) atoms. The van der Waals surface area contributed by atoms with E-state index in [0.717, 1.165) is 34.9 Å². The van der Waals surface area contributed by atoms with Gasteiger partial charge in [-0.15, -0.1) is 0 Å². The molecule has 5 heteroatoms. The molecule has 0 saturated carbocycles. The maximum Gasteiger partial charge on any atom is 0.237 e. The van der Waals surface area contributed by atoms with E-state index in [4.69, 9.17) is 4.98 Å². The second kappa shape index (κ2) is 7.00. The molecule has 138 valence electrons. The monoisotopic (exact) mass is 360 g/mol. The number of hydrogen-bond acceptors (Lipinski definition) is 3. The molecule has 2 aromatic carbocycles. The molecule has 0 spiro atoms. The van der Waals surface area contributed by atoms with Crippen molar-refractivity contribution < 1.29 is 4.79 Å². The van der Waals surface area contributed by atoms with Gasteiger partial charge in [-0.25, -0.2) is 4.98 Å². The van der Waals surface area contributed by atoms with Crippen molar-refractivity contribution in [3.8, 4) is 22.5 Å². The second-order valence-electron chi connectivity index (χ2n) is 7.32. The van der Waals surface area contributed by atoms with Crippen LogP contribution in [0.25, 0.3) is 22.5 Å². The van der Waals surface area contributed by atoms with Crippen LogP contribution in [0.15, 0.2) is 60.7 Å². The van der Waals surface area contributed by atoms with Gasteiger partial charge >= 0.3 is 0 Å². The number of imidazole rings is 1. The molecule has 2 heterocycles. The minimum atomic E-state index is -0.518.